The Balaban J connectivity index is 1.98. The average Bonchev–Trinajstić information content (AvgIpc) is 2.97. The van der Waals surface area contributed by atoms with E-state index in [1.807, 2.05) is 30.5 Å². The first-order valence-electron chi connectivity index (χ1n) is 6.98. The molecule has 2 rings (SSSR count). The first-order chi connectivity index (χ1) is 9.31. The number of likely N-dealkylation sites (N-methyl/N-ethyl adjacent to an activating group) is 1. The van der Waals surface area contributed by atoms with Gasteiger partial charge in [0.05, 0.1) is 6.26 Å². The molecule has 102 valence electrons. The highest BCUT2D eigenvalue weighted by Crippen LogP contribution is 2.20. The van der Waals surface area contributed by atoms with Crippen LogP contribution in [0.4, 0.5) is 0 Å². The van der Waals surface area contributed by atoms with Crippen LogP contribution in [0.15, 0.2) is 47.2 Å². The summed E-state index contributed by atoms with van der Waals surface area (Å²) >= 11 is 0. The Labute approximate surface area is 115 Å². The van der Waals surface area contributed by atoms with Crippen LogP contribution in [0.1, 0.15) is 37.6 Å². The van der Waals surface area contributed by atoms with Crippen LogP contribution in [0, 0.1) is 0 Å². The van der Waals surface area contributed by atoms with E-state index in [1.165, 1.54) is 0 Å². The molecule has 2 aromatic rings. The van der Waals surface area contributed by atoms with Gasteiger partial charge in [-0.1, -0.05) is 19.9 Å². The highest BCUT2D eigenvalue weighted by Gasteiger charge is 2.19. The summed E-state index contributed by atoms with van der Waals surface area (Å²) in [6.07, 6.45) is 5.61. The van der Waals surface area contributed by atoms with Crippen molar-refractivity contribution < 1.29 is 4.42 Å². The standard InChI is InChI=1S/C16H22N2O/c1-3-17-16(10-9-14-7-6-12-19-14)13(2)15-8-4-5-11-18-15/h4-8,11-13,16-17H,3,9-10H2,1-2H3. The molecule has 2 aromatic heterocycles. The van der Waals surface area contributed by atoms with E-state index in [0.717, 1.165) is 30.8 Å². The van der Waals surface area contributed by atoms with Gasteiger partial charge in [-0.25, -0.2) is 0 Å². The number of nitrogens with one attached hydrogen (secondary N) is 1. The molecule has 0 aliphatic heterocycles. The maximum Gasteiger partial charge on any atom is 0.103 e. The first-order valence-corrected chi connectivity index (χ1v) is 6.98. The zero-order valence-corrected chi connectivity index (χ0v) is 11.7. The normalized spacial score (nSPS) is 14.2. The number of rotatable bonds is 7. The van der Waals surface area contributed by atoms with Gasteiger partial charge in [0, 0.05) is 30.3 Å². The molecule has 2 unspecified atom stereocenters. The monoisotopic (exact) mass is 258 g/mol. The van der Waals surface area contributed by atoms with Gasteiger partial charge >= 0.3 is 0 Å². The van der Waals surface area contributed by atoms with Gasteiger partial charge < -0.3 is 9.73 Å². The quantitative estimate of drug-likeness (QED) is 0.827. The molecule has 2 atom stereocenters. The predicted octanol–water partition coefficient (Wildman–Crippen LogP) is 3.39. The van der Waals surface area contributed by atoms with E-state index in [9.17, 15) is 0 Å². The third-order valence-corrected chi connectivity index (χ3v) is 3.51. The average molecular weight is 258 g/mol. The zero-order chi connectivity index (χ0) is 13.5. The molecule has 3 nitrogen and oxygen atoms in total. The summed E-state index contributed by atoms with van der Waals surface area (Å²) in [5, 5.41) is 3.56. The van der Waals surface area contributed by atoms with Crippen LogP contribution < -0.4 is 5.32 Å². The maximum atomic E-state index is 5.40. The predicted molar refractivity (Wildman–Crippen MR) is 77.1 cm³/mol. The van der Waals surface area contributed by atoms with Crippen LogP contribution in [0.5, 0.6) is 0 Å². The Morgan fingerprint density at radius 1 is 1.26 bits per heavy atom. The molecule has 0 radical (unpaired) electrons. The SMILES string of the molecule is CCNC(CCc1ccco1)C(C)c1ccccn1. The highest BCUT2D eigenvalue weighted by atomic mass is 16.3. The number of pyridine rings is 1. The third kappa shape index (κ3) is 3.93. The topological polar surface area (TPSA) is 38.1 Å². The van der Waals surface area contributed by atoms with E-state index in [2.05, 4.69) is 30.2 Å². The van der Waals surface area contributed by atoms with Crippen molar-refractivity contribution in [3.8, 4) is 0 Å². The lowest BCUT2D eigenvalue weighted by Gasteiger charge is -2.24. The van der Waals surface area contributed by atoms with Crippen molar-refractivity contribution >= 4 is 0 Å². The van der Waals surface area contributed by atoms with Crippen molar-refractivity contribution in [2.75, 3.05) is 6.54 Å². The second-order valence-corrected chi connectivity index (χ2v) is 4.83. The van der Waals surface area contributed by atoms with E-state index in [1.54, 1.807) is 6.26 Å². The van der Waals surface area contributed by atoms with E-state index in [4.69, 9.17) is 4.42 Å². The fourth-order valence-electron chi connectivity index (χ4n) is 2.40. The maximum absolute atomic E-state index is 5.40. The van der Waals surface area contributed by atoms with Gasteiger partial charge in [-0.3, -0.25) is 4.98 Å². The van der Waals surface area contributed by atoms with E-state index < -0.39 is 0 Å². The summed E-state index contributed by atoms with van der Waals surface area (Å²) in [5.41, 5.74) is 1.15. The van der Waals surface area contributed by atoms with Crippen LogP contribution in [0.3, 0.4) is 0 Å². The lowest BCUT2D eigenvalue weighted by atomic mass is 9.93. The number of aromatic nitrogens is 1. The first kappa shape index (κ1) is 13.8. The molecule has 0 saturated carbocycles. The molecule has 1 N–H and O–H groups in total. The van der Waals surface area contributed by atoms with Crippen molar-refractivity contribution in [1.29, 1.82) is 0 Å². The largest absolute Gasteiger partial charge is 0.469 e. The molecule has 2 heterocycles. The van der Waals surface area contributed by atoms with Gasteiger partial charge in [0.15, 0.2) is 0 Å². The van der Waals surface area contributed by atoms with Crippen molar-refractivity contribution in [3.63, 3.8) is 0 Å². The lowest BCUT2D eigenvalue weighted by Crippen LogP contribution is -2.34. The van der Waals surface area contributed by atoms with E-state index in [0.29, 0.717) is 12.0 Å². The van der Waals surface area contributed by atoms with Gasteiger partial charge in [0.1, 0.15) is 5.76 Å². The Bertz CT molecular complexity index is 453. The minimum Gasteiger partial charge on any atom is -0.469 e. The van der Waals surface area contributed by atoms with E-state index in [-0.39, 0.29) is 0 Å². The van der Waals surface area contributed by atoms with Crippen LogP contribution in [-0.2, 0) is 6.42 Å². The third-order valence-electron chi connectivity index (χ3n) is 3.51. The number of furan rings is 1. The van der Waals surface area contributed by atoms with Crippen molar-refractivity contribution in [1.82, 2.24) is 10.3 Å². The Morgan fingerprint density at radius 3 is 2.79 bits per heavy atom. The summed E-state index contributed by atoms with van der Waals surface area (Å²) < 4.78 is 5.40. The Kier molecular flexibility index (Phi) is 5.16. The molecule has 19 heavy (non-hydrogen) atoms. The Hall–Kier alpha value is -1.61. The molecular formula is C16H22N2O. The van der Waals surface area contributed by atoms with Crippen LogP contribution >= 0.6 is 0 Å². The fourth-order valence-corrected chi connectivity index (χ4v) is 2.40. The van der Waals surface area contributed by atoms with Gasteiger partial charge in [-0.05, 0) is 37.2 Å². The van der Waals surface area contributed by atoms with Gasteiger partial charge in [-0.2, -0.15) is 0 Å². The molecule has 0 amide bonds. The van der Waals surface area contributed by atoms with Gasteiger partial charge in [0.2, 0.25) is 0 Å². The molecule has 0 saturated heterocycles. The van der Waals surface area contributed by atoms with Crippen molar-refractivity contribution in [2.45, 2.75) is 38.6 Å². The van der Waals surface area contributed by atoms with Crippen LogP contribution in [-0.4, -0.2) is 17.6 Å². The zero-order valence-electron chi connectivity index (χ0n) is 11.7. The number of hydrogen-bond acceptors (Lipinski definition) is 3. The van der Waals surface area contributed by atoms with Gasteiger partial charge in [0.25, 0.3) is 0 Å². The highest BCUT2D eigenvalue weighted by molar-refractivity contribution is 5.11. The summed E-state index contributed by atoms with van der Waals surface area (Å²) in [7, 11) is 0. The molecular weight excluding hydrogens is 236 g/mol. The molecule has 0 bridgehead atoms. The second-order valence-electron chi connectivity index (χ2n) is 4.83. The van der Waals surface area contributed by atoms with Crippen LogP contribution in [0.2, 0.25) is 0 Å². The molecule has 0 aliphatic carbocycles. The van der Waals surface area contributed by atoms with Crippen LogP contribution in [0.25, 0.3) is 0 Å². The van der Waals surface area contributed by atoms with Gasteiger partial charge in [-0.15, -0.1) is 0 Å². The summed E-state index contributed by atoms with van der Waals surface area (Å²) in [6, 6.07) is 10.5. The summed E-state index contributed by atoms with van der Waals surface area (Å²) in [4.78, 5) is 4.46. The fraction of sp³-hybridized carbons (Fsp3) is 0.438. The molecule has 3 heteroatoms. The minimum atomic E-state index is 0.399. The smallest absolute Gasteiger partial charge is 0.103 e. The molecule has 0 aromatic carbocycles. The Morgan fingerprint density at radius 2 is 2.16 bits per heavy atom. The summed E-state index contributed by atoms with van der Waals surface area (Å²) in [6.45, 7) is 5.35. The number of hydrogen-bond donors (Lipinski definition) is 1. The van der Waals surface area contributed by atoms with Crippen molar-refractivity contribution in [2.24, 2.45) is 0 Å². The second kappa shape index (κ2) is 7.10. The lowest BCUT2D eigenvalue weighted by molar-refractivity contribution is 0.407. The summed E-state index contributed by atoms with van der Waals surface area (Å²) in [5.74, 6) is 1.45. The molecule has 0 fully saturated rings. The van der Waals surface area contributed by atoms with E-state index >= 15 is 0 Å². The minimum absolute atomic E-state index is 0.399. The van der Waals surface area contributed by atoms with Crippen molar-refractivity contribution in [3.05, 3.63) is 54.2 Å². The number of aryl methyl sites for hydroxylation is 1. The molecule has 0 aliphatic rings. The number of nitrogens with zero attached hydrogens (tertiary/aromatic N) is 1. The molecule has 0 spiro atoms.